The Morgan fingerprint density at radius 3 is 2.75 bits per heavy atom. The summed E-state index contributed by atoms with van der Waals surface area (Å²) in [7, 11) is 0. The Balaban J connectivity index is 2.26. The van der Waals surface area contributed by atoms with Gasteiger partial charge >= 0.3 is 6.03 Å². The van der Waals surface area contributed by atoms with Gasteiger partial charge in [0.05, 0.1) is 0 Å². The number of hydrogen-bond acceptors (Lipinski definition) is 3. The SMILES string of the molecule is O=C1NC(=O)[C@H](c2cccs2)N1. The first-order chi connectivity index (χ1) is 5.77. The first-order valence-electron chi connectivity index (χ1n) is 3.42. The summed E-state index contributed by atoms with van der Waals surface area (Å²) in [5.41, 5.74) is 0. The van der Waals surface area contributed by atoms with Crippen molar-refractivity contribution in [1.82, 2.24) is 10.6 Å². The molecule has 5 heteroatoms. The maximum Gasteiger partial charge on any atom is 0.322 e. The molecule has 2 N–H and O–H groups in total. The Morgan fingerprint density at radius 2 is 2.25 bits per heavy atom. The van der Waals surface area contributed by atoms with E-state index in [1.807, 2.05) is 17.5 Å². The lowest BCUT2D eigenvalue weighted by Gasteiger charge is -2.01. The zero-order chi connectivity index (χ0) is 8.55. The van der Waals surface area contributed by atoms with Crippen molar-refractivity contribution in [2.24, 2.45) is 0 Å². The average molecular weight is 182 g/mol. The Morgan fingerprint density at radius 1 is 1.42 bits per heavy atom. The summed E-state index contributed by atoms with van der Waals surface area (Å²) in [4.78, 5) is 22.7. The summed E-state index contributed by atoms with van der Waals surface area (Å²) in [6.07, 6.45) is 0. The number of carbonyl (C=O) groups is 2. The molecule has 0 radical (unpaired) electrons. The fraction of sp³-hybridized carbons (Fsp3) is 0.143. The average Bonchev–Trinajstić information content (AvgIpc) is 2.58. The number of urea groups is 1. The fourth-order valence-electron chi connectivity index (χ4n) is 1.07. The van der Waals surface area contributed by atoms with Crippen LogP contribution in [0.25, 0.3) is 0 Å². The van der Waals surface area contributed by atoms with Gasteiger partial charge in [-0.25, -0.2) is 4.79 Å². The van der Waals surface area contributed by atoms with E-state index in [4.69, 9.17) is 0 Å². The van der Waals surface area contributed by atoms with Crippen molar-refractivity contribution in [2.45, 2.75) is 6.04 Å². The molecule has 1 atom stereocenters. The molecule has 1 aliphatic heterocycles. The van der Waals surface area contributed by atoms with Crippen LogP contribution in [0, 0.1) is 0 Å². The molecule has 1 saturated heterocycles. The van der Waals surface area contributed by atoms with Gasteiger partial charge in [0.15, 0.2) is 0 Å². The van der Waals surface area contributed by atoms with Gasteiger partial charge in [-0.15, -0.1) is 11.3 Å². The summed E-state index contributed by atoms with van der Waals surface area (Å²) in [5.74, 6) is -0.276. The Hall–Kier alpha value is -1.36. The minimum absolute atomic E-state index is 0.276. The van der Waals surface area contributed by atoms with E-state index in [0.717, 1.165) is 4.88 Å². The van der Waals surface area contributed by atoms with Crippen LogP contribution in [0.15, 0.2) is 17.5 Å². The molecule has 0 aromatic carbocycles. The van der Waals surface area contributed by atoms with Gasteiger partial charge in [0.1, 0.15) is 6.04 Å². The first-order valence-corrected chi connectivity index (χ1v) is 4.30. The molecule has 0 spiro atoms. The molecule has 0 saturated carbocycles. The lowest BCUT2D eigenvalue weighted by atomic mass is 10.2. The molecule has 0 bridgehead atoms. The highest BCUT2D eigenvalue weighted by Gasteiger charge is 2.31. The smallest absolute Gasteiger partial charge is 0.321 e. The molecule has 1 aliphatic rings. The van der Waals surface area contributed by atoms with E-state index < -0.39 is 12.1 Å². The zero-order valence-corrected chi connectivity index (χ0v) is 6.85. The summed E-state index contributed by atoms with van der Waals surface area (Å²) in [6, 6.07) is 2.76. The minimum atomic E-state index is -0.488. The Labute approximate surface area is 72.6 Å². The molecule has 3 amide bonds. The first kappa shape index (κ1) is 7.30. The molecule has 0 aliphatic carbocycles. The van der Waals surface area contributed by atoms with Gasteiger partial charge in [0.25, 0.3) is 5.91 Å². The lowest BCUT2D eigenvalue weighted by molar-refractivity contribution is -0.120. The second-order valence-electron chi connectivity index (χ2n) is 2.41. The number of rotatable bonds is 1. The lowest BCUT2D eigenvalue weighted by Crippen LogP contribution is -2.22. The van der Waals surface area contributed by atoms with Crippen LogP contribution in [0.3, 0.4) is 0 Å². The standard InChI is InChI=1S/C7H6N2O2S/c10-6-5(8-7(11)9-6)4-2-1-3-12-4/h1-3,5H,(H2,8,9,10,11)/t5-/m0/s1. The van der Waals surface area contributed by atoms with Gasteiger partial charge in [-0.05, 0) is 11.4 Å². The van der Waals surface area contributed by atoms with Gasteiger partial charge in [-0.1, -0.05) is 6.07 Å². The van der Waals surface area contributed by atoms with Gasteiger partial charge in [-0.2, -0.15) is 0 Å². The molecule has 2 heterocycles. The number of carbonyl (C=O) groups excluding carboxylic acids is 2. The van der Waals surface area contributed by atoms with Crippen molar-refractivity contribution >= 4 is 23.3 Å². The molecule has 1 aromatic rings. The van der Waals surface area contributed by atoms with Crippen molar-refractivity contribution in [2.75, 3.05) is 0 Å². The molecule has 4 nitrogen and oxygen atoms in total. The molecule has 1 aromatic heterocycles. The van der Waals surface area contributed by atoms with Crippen molar-refractivity contribution in [1.29, 1.82) is 0 Å². The van der Waals surface area contributed by atoms with Crippen molar-refractivity contribution in [3.8, 4) is 0 Å². The highest BCUT2D eigenvalue weighted by molar-refractivity contribution is 7.10. The van der Waals surface area contributed by atoms with Crippen LogP contribution in [0.1, 0.15) is 10.9 Å². The van der Waals surface area contributed by atoms with Gasteiger partial charge in [0, 0.05) is 4.88 Å². The van der Waals surface area contributed by atoms with E-state index in [9.17, 15) is 9.59 Å². The van der Waals surface area contributed by atoms with Crippen LogP contribution in [-0.4, -0.2) is 11.9 Å². The van der Waals surface area contributed by atoms with Gasteiger partial charge in [-0.3, -0.25) is 10.1 Å². The summed E-state index contributed by atoms with van der Waals surface area (Å²) < 4.78 is 0. The van der Waals surface area contributed by atoms with Crippen LogP contribution in [0.4, 0.5) is 4.79 Å². The molecule has 2 rings (SSSR count). The van der Waals surface area contributed by atoms with E-state index in [-0.39, 0.29) is 5.91 Å². The maximum atomic E-state index is 11.1. The summed E-state index contributed by atoms with van der Waals surface area (Å²) in [6.45, 7) is 0. The van der Waals surface area contributed by atoms with Crippen LogP contribution >= 0.6 is 11.3 Å². The van der Waals surface area contributed by atoms with Crippen LogP contribution in [-0.2, 0) is 4.79 Å². The maximum absolute atomic E-state index is 11.1. The van der Waals surface area contributed by atoms with E-state index in [1.165, 1.54) is 11.3 Å². The third-order valence-electron chi connectivity index (χ3n) is 1.60. The zero-order valence-electron chi connectivity index (χ0n) is 6.03. The molecule has 12 heavy (non-hydrogen) atoms. The Bertz CT molecular complexity index is 320. The molecular weight excluding hydrogens is 176 g/mol. The summed E-state index contributed by atoms with van der Waals surface area (Å²) >= 11 is 1.45. The highest BCUT2D eigenvalue weighted by atomic mass is 32.1. The fourth-order valence-corrected chi connectivity index (χ4v) is 1.85. The van der Waals surface area contributed by atoms with Crippen LogP contribution in [0.5, 0.6) is 0 Å². The highest BCUT2D eigenvalue weighted by Crippen LogP contribution is 2.20. The second-order valence-corrected chi connectivity index (χ2v) is 3.39. The third kappa shape index (κ3) is 1.08. The Kier molecular flexibility index (Phi) is 1.58. The van der Waals surface area contributed by atoms with E-state index >= 15 is 0 Å². The van der Waals surface area contributed by atoms with Crippen LogP contribution < -0.4 is 10.6 Å². The van der Waals surface area contributed by atoms with E-state index in [1.54, 1.807) is 0 Å². The number of imide groups is 1. The quantitative estimate of drug-likeness (QED) is 0.626. The minimum Gasteiger partial charge on any atom is -0.321 e. The number of thiophene rings is 1. The monoisotopic (exact) mass is 182 g/mol. The van der Waals surface area contributed by atoms with Gasteiger partial charge in [0.2, 0.25) is 0 Å². The molecule has 62 valence electrons. The largest absolute Gasteiger partial charge is 0.322 e. The molecule has 1 fully saturated rings. The van der Waals surface area contributed by atoms with E-state index in [0.29, 0.717) is 0 Å². The third-order valence-corrected chi connectivity index (χ3v) is 2.54. The van der Waals surface area contributed by atoms with Crippen molar-refractivity contribution < 1.29 is 9.59 Å². The number of amides is 3. The normalized spacial score (nSPS) is 22.2. The van der Waals surface area contributed by atoms with Gasteiger partial charge < -0.3 is 5.32 Å². The molecule has 0 unspecified atom stereocenters. The van der Waals surface area contributed by atoms with Crippen molar-refractivity contribution in [3.63, 3.8) is 0 Å². The summed E-state index contributed by atoms with van der Waals surface area (Å²) in [5, 5.41) is 6.56. The second kappa shape index (κ2) is 2.60. The topological polar surface area (TPSA) is 58.2 Å². The molecular formula is C7H6N2O2S. The van der Waals surface area contributed by atoms with Crippen molar-refractivity contribution in [3.05, 3.63) is 22.4 Å². The number of hydrogen-bond donors (Lipinski definition) is 2. The predicted octanol–water partition coefficient (Wildman–Crippen LogP) is 0.629. The predicted molar refractivity (Wildman–Crippen MR) is 43.7 cm³/mol. The number of nitrogens with one attached hydrogen (secondary N) is 2. The van der Waals surface area contributed by atoms with E-state index in [2.05, 4.69) is 10.6 Å². The van der Waals surface area contributed by atoms with Crippen LogP contribution in [0.2, 0.25) is 0 Å².